The quantitative estimate of drug-likeness (QED) is 0.357. The van der Waals surface area contributed by atoms with Crippen LogP contribution in [0.3, 0.4) is 0 Å². The van der Waals surface area contributed by atoms with Crippen LogP contribution in [0.1, 0.15) is 46.6 Å². The highest BCUT2D eigenvalue weighted by Gasteiger charge is 2.21. The first kappa shape index (κ1) is 23.2. The average molecular weight is 507 g/mol. The van der Waals surface area contributed by atoms with Crippen LogP contribution in [-0.4, -0.2) is 31.2 Å². The van der Waals surface area contributed by atoms with E-state index in [0.717, 1.165) is 39.9 Å². The number of rotatable bonds is 7. The number of pyridine rings is 1. The summed E-state index contributed by atoms with van der Waals surface area (Å²) in [4.78, 5) is 19.6. The molecule has 6 heteroatoms. The summed E-state index contributed by atoms with van der Waals surface area (Å²) < 4.78 is 11.9. The Morgan fingerprint density at radius 2 is 1.91 bits per heavy atom. The molecule has 2 aromatic carbocycles. The Morgan fingerprint density at radius 1 is 1.15 bits per heavy atom. The molecular weight excluding hydrogens is 480 g/mol. The van der Waals surface area contributed by atoms with Crippen LogP contribution in [0, 0.1) is 0 Å². The van der Waals surface area contributed by atoms with Crippen molar-refractivity contribution < 1.29 is 14.3 Å². The van der Waals surface area contributed by atoms with Crippen molar-refractivity contribution in [1.29, 1.82) is 0 Å². The molecule has 0 N–H and O–H groups in total. The third-order valence-corrected chi connectivity index (χ3v) is 6.50. The van der Waals surface area contributed by atoms with E-state index in [4.69, 9.17) is 9.47 Å². The molecule has 3 aromatic rings. The molecule has 5 nitrogen and oxygen atoms in total. The van der Waals surface area contributed by atoms with Gasteiger partial charge >= 0.3 is 5.97 Å². The number of esters is 1. The van der Waals surface area contributed by atoms with Crippen molar-refractivity contribution in [2.24, 2.45) is 0 Å². The van der Waals surface area contributed by atoms with E-state index in [2.05, 4.69) is 38.0 Å². The van der Waals surface area contributed by atoms with Gasteiger partial charge in [-0.2, -0.15) is 0 Å². The van der Waals surface area contributed by atoms with Crippen LogP contribution in [0.2, 0.25) is 0 Å². The summed E-state index contributed by atoms with van der Waals surface area (Å²) in [5, 5.41) is 0. The first-order valence-corrected chi connectivity index (χ1v) is 11.8. The fraction of sp³-hybridized carbons (Fsp3) is 0.259. The Kier molecular flexibility index (Phi) is 7.57. The van der Waals surface area contributed by atoms with Gasteiger partial charge in [0.25, 0.3) is 0 Å². The lowest BCUT2D eigenvalue weighted by Crippen LogP contribution is -2.30. The Bertz CT molecular complexity index is 1150. The van der Waals surface area contributed by atoms with E-state index >= 15 is 0 Å². The van der Waals surface area contributed by atoms with Gasteiger partial charge in [0.1, 0.15) is 6.61 Å². The molecule has 0 spiro atoms. The number of nitrogens with zero attached hydrogens (tertiary/aromatic N) is 2. The maximum atomic E-state index is 12.8. The van der Waals surface area contributed by atoms with Crippen molar-refractivity contribution in [3.05, 3.63) is 99.8 Å². The van der Waals surface area contributed by atoms with Gasteiger partial charge in [0, 0.05) is 30.9 Å². The molecule has 2 heterocycles. The molecule has 0 amide bonds. The summed E-state index contributed by atoms with van der Waals surface area (Å²) in [6.45, 7) is 3.76. The SMILES string of the molecule is CO[C@@H](C)c1ncc(C2=CCN(c3ccccc3C(=O)OCc3ccccc3)CC2)cc1Br. The first-order valence-electron chi connectivity index (χ1n) is 11.0. The molecule has 1 aliphatic rings. The zero-order valence-electron chi connectivity index (χ0n) is 18.8. The molecule has 0 fully saturated rings. The summed E-state index contributed by atoms with van der Waals surface area (Å²) >= 11 is 3.63. The van der Waals surface area contributed by atoms with Crippen molar-refractivity contribution >= 4 is 33.2 Å². The van der Waals surface area contributed by atoms with Crippen molar-refractivity contribution in [2.75, 3.05) is 25.1 Å². The van der Waals surface area contributed by atoms with Gasteiger partial charge in [0.15, 0.2) is 0 Å². The van der Waals surface area contributed by atoms with Crippen LogP contribution < -0.4 is 4.90 Å². The average Bonchev–Trinajstić information content (AvgIpc) is 2.87. The van der Waals surface area contributed by atoms with Gasteiger partial charge in [0.05, 0.1) is 23.0 Å². The van der Waals surface area contributed by atoms with Gasteiger partial charge < -0.3 is 14.4 Å². The molecule has 1 atom stereocenters. The Morgan fingerprint density at radius 3 is 2.61 bits per heavy atom. The standard InChI is InChI=1S/C27H27BrN2O3/c1-19(32-2)26-24(28)16-22(17-29-26)21-12-14-30(15-13-21)25-11-7-6-10-23(25)27(31)33-18-20-8-4-3-5-9-20/h3-12,16-17,19H,13-15,18H2,1-2H3/t19-/m0/s1. The maximum absolute atomic E-state index is 12.8. The smallest absolute Gasteiger partial charge is 0.340 e. The van der Waals surface area contributed by atoms with Gasteiger partial charge in [-0.05, 0) is 64.2 Å². The second-order valence-electron chi connectivity index (χ2n) is 7.97. The highest BCUT2D eigenvalue weighted by atomic mass is 79.9. The number of carbonyl (C=O) groups excluding carboxylic acids is 1. The molecule has 0 radical (unpaired) electrons. The predicted octanol–water partition coefficient (Wildman–Crippen LogP) is 6.20. The van der Waals surface area contributed by atoms with Crippen LogP contribution in [0.25, 0.3) is 5.57 Å². The molecule has 170 valence electrons. The lowest BCUT2D eigenvalue weighted by Gasteiger charge is -2.30. The van der Waals surface area contributed by atoms with Crippen LogP contribution in [0.4, 0.5) is 5.69 Å². The number of hydrogen-bond acceptors (Lipinski definition) is 5. The van der Waals surface area contributed by atoms with Gasteiger partial charge in [-0.3, -0.25) is 4.98 Å². The van der Waals surface area contributed by atoms with Crippen LogP contribution >= 0.6 is 15.9 Å². The lowest BCUT2D eigenvalue weighted by atomic mass is 9.99. The fourth-order valence-electron chi connectivity index (χ4n) is 3.91. The van der Waals surface area contributed by atoms with Gasteiger partial charge in [-0.1, -0.05) is 48.5 Å². The zero-order valence-corrected chi connectivity index (χ0v) is 20.4. The zero-order chi connectivity index (χ0) is 23.2. The van der Waals surface area contributed by atoms with Crippen LogP contribution in [-0.2, 0) is 16.1 Å². The Hall–Kier alpha value is -2.96. The third-order valence-electron chi connectivity index (χ3n) is 5.87. The fourth-order valence-corrected chi connectivity index (χ4v) is 4.58. The molecule has 4 rings (SSSR count). The lowest BCUT2D eigenvalue weighted by molar-refractivity contribution is 0.0473. The molecular formula is C27H27BrN2O3. The number of aromatic nitrogens is 1. The number of anilines is 1. The highest BCUT2D eigenvalue weighted by molar-refractivity contribution is 9.10. The number of methoxy groups -OCH3 is 1. The number of ether oxygens (including phenoxy) is 2. The molecule has 33 heavy (non-hydrogen) atoms. The van der Waals surface area contributed by atoms with E-state index in [1.165, 1.54) is 5.57 Å². The molecule has 0 aliphatic carbocycles. The Labute approximate surface area is 203 Å². The topological polar surface area (TPSA) is 51.7 Å². The molecule has 1 aliphatic heterocycles. The number of benzene rings is 2. The second kappa shape index (κ2) is 10.8. The van der Waals surface area contributed by atoms with E-state index in [0.29, 0.717) is 12.1 Å². The summed E-state index contributed by atoms with van der Waals surface area (Å²) in [7, 11) is 1.68. The second-order valence-corrected chi connectivity index (χ2v) is 8.83. The monoisotopic (exact) mass is 506 g/mol. The minimum absolute atomic E-state index is 0.0672. The van der Waals surface area contributed by atoms with Gasteiger partial charge in [0.2, 0.25) is 0 Å². The van der Waals surface area contributed by atoms with Crippen molar-refractivity contribution in [2.45, 2.75) is 26.1 Å². The minimum atomic E-state index is -0.305. The molecule has 0 unspecified atom stereocenters. The van der Waals surface area contributed by atoms with E-state index in [1.54, 1.807) is 7.11 Å². The minimum Gasteiger partial charge on any atom is -0.457 e. The van der Waals surface area contributed by atoms with E-state index in [9.17, 15) is 4.79 Å². The van der Waals surface area contributed by atoms with E-state index < -0.39 is 0 Å². The van der Waals surface area contributed by atoms with Crippen molar-refractivity contribution in [1.82, 2.24) is 4.98 Å². The number of halogens is 1. The summed E-state index contributed by atoms with van der Waals surface area (Å²) in [5.41, 5.74) is 5.70. The number of hydrogen-bond donors (Lipinski definition) is 0. The molecule has 0 bridgehead atoms. The van der Waals surface area contributed by atoms with Crippen LogP contribution in [0.5, 0.6) is 0 Å². The summed E-state index contributed by atoms with van der Waals surface area (Å²) in [5.74, 6) is -0.305. The number of carbonyl (C=O) groups is 1. The molecule has 0 saturated carbocycles. The van der Waals surface area contributed by atoms with Gasteiger partial charge in [-0.25, -0.2) is 4.79 Å². The van der Waals surface area contributed by atoms with Crippen LogP contribution in [0.15, 0.2) is 77.4 Å². The Balaban J connectivity index is 1.46. The normalized spacial score (nSPS) is 14.5. The summed E-state index contributed by atoms with van der Waals surface area (Å²) in [6.07, 6.45) is 4.91. The largest absolute Gasteiger partial charge is 0.457 e. The first-order chi connectivity index (χ1) is 16.1. The molecule has 0 saturated heterocycles. The predicted molar refractivity (Wildman–Crippen MR) is 134 cm³/mol. The van der Waals surface area contributed by atoms with E-state index in [-0.39, 0.29) is 18.7 Å². The van der Waals surface area contributed by atoms with Gasteiger partial charge in [-0.15, -0.1) is 0 Å². The molecule has 1 aromatic heterocycles. The highest BCUT2D eigenvalue weighted by Crippen LogP contribution is 2.31. The number of para-hydroxylation sites is 1. The van der Waals surface area contributed by atoms with E-state index in [1.807, 2.05) is 67.7 Å². The third kappa shape index (κ3) is 5.52. The van der Waals surface area contributed by atoms with Crippen molar-refractivity contribution in [3.8, 4) is 0 Å². The maximum Gasteiger partial charge on any atom is 0.340 e. The van der Waals surface area contributed by atoms with Crippen molar-refractivity contribution in [3.63, 3.8) is 0 Å². The summed E-state index contributed by atoms with van der Waals surface area (Å²) in [6, 6.07) is 19.5.